The van der Waals surface area contributed by atoms with Crippen LogP contribution in [0.1, 0.15) is 6.42 Å². The minimum atomic E-state index is -3.68. The van der Waals surface area contributed by atoms with Crippen molar-refractivity contribution < 1.29 is 8.42 Å². The van der Waals surface area contributed by atoms with Gasteiger partial charge in [0.2, 0.25) is 15.5 Å². The zero-order chi connectivity index (χ0) is 12.3. The Hall–Kier alpha value is -0.790. The first kappa shape index (κ1) is 12.7. The van der Waals surface area contributed by atoms with Crippen LogP contribution in [0.2, 0.25) is 0 Å². The van der Waals surface area contributed by atoms with Crippen molar-refractivity contribution in [2.24, 2.45) is 5.92 Å². The first-order valence-corrected chi connectivity index (χ1v) is 7.98. The van der Waals surface area contributed by atoms with Crippen molar-refractivity contribution in [3.63, 3.8) is 0 Å². The number of rotatable bonds is 4. The summed E-state index contributed by atoms with van der Waals surface area (Å²) in [6.45, 7) is 0.406. The first-order chi connectivity index (χ1) is 8.09. The molecular weight excluding hydrogens is 260 g/mol. The van der Waals surface area contributed by atoms with Gasteiger partial charge in [0.1, 0.15) is 4.90 Å². The predicted molar refractivity (Wildman–Crippen MR) is 67.7 cm³/mol. The largest absolute Gasteiger partial charge is 0.366 e. The van der Waals surface area contributed by atoms with E-state index in [1.165, 1.54) is 18.5 Å². The fourth-order valence-electron chi connectivity index (χ4n) is 1.66. The molecule has 0 bridgehead atoms. The van der Waals surface area contributed by atoms with Gasteiger partial charge in [-0.25, -0.2) is 13.1 Å². The van der Waals surface area contributed by atoms with E-state index in [0.717, 1.165) is 17.9 Å². The monoisotopic (exact) mass is 274 g/mol. The second-order valence-corrected chi connectivity index (χ2v) is 6.84. The molecule has 94 valence electrons. The third-order valence-electron chi connectivity index (χ3n) is 2.66. The van der Waals surface area contributed by atoms with Crippen molar-refractivity contribution in [3.8, 4) is 0 Å². The van der Waals surface area contributed by atoms with E-state index in [0.29, 0.717) is 12.5 Å². The zero-order valence-electron chi connectivity index (χ0n) is 9.18. The van der Waals surface area contributed by atoms with Crippen LogP contribution in [0.15, 0.2) is 28.2 Å². The number of H-pyrrole nitrogens is 1. The number of hydrogen-bond acceptors (Lipinski definition) is 4. The number of aromatic amines is 1. The summed E-state index contributed by atoms with van der Waals surface area (Å²) in [7, 11) is -3.68. The van der Waals surface area contributed by atoms with E-state index in [-0.39, 0.29) is 4.90 Å². The van der Waals surface area contributed by atoms with E-state index in [1.807, 2.05) is 11.8 Å². The van der Waals surface area contributed by atoms with Gasteiger partial charge < -0.3 is 4.98 Å². The van der Waals surface area contributed by atoms with Gasteiger partial charge in [-0.05, 0) is 23.8 Å². The van der Waals surface area contributed by atoms with Crippen LogP contribution in [-0.2, 0) is 10.0 Å². The van der Waals surface area contributed by atoms with Crippen LogP contribution in [0.3, 0.4) is 0 Å². The molecular formula is C10H14N2O3S2. The van der Waals surface area contributed by atoms with Gasteiger partial charge in [-0.15, -0.1) is 0 Å². The number of sulfonamides is 1. The minimum absolute atomic E-state index is 0.217. The molecule has 1 fully saturated rings. The van der Waals surface area contributed by atoms with Crippen molar-refractivity contribution in [2.75, 3.05) is 18.1 Å². The highest BCUT2D eigenvalue weighted by atomic mass is 32.2. The van der Waals surface area contributed by atoms with Gasteiger partial charge in [-0.2, -0.15) is 11.8 Å². The highest BCUT2D eigenvalue weighted by Gasteiger charge is 2.21. The Balaban J connectivity index is 2.08. The zero-order valence-corrected chi connectivity index (χ0v) is 10.8. The Morgan fingerprint density at radius 3 is 3.00 bits per heavy atom. The SMILES string of the molecule is O=c1cc[nH]cc1S(=O)(=O)NCC1CCSC1. The molecule has 1 aromatic heterocycles. The number of pyridine rings is 1. The molecule has 2 N–H and O–H groups in total. The Kier molecular flexibility index (Phi) is 3.90. The van der Waals surface area contributed by atoms with Gasteiger partial charge >= 0.3 is 0 Å². The second kappa shape index (κ2) is 5.24. The summed E-state index contributed by atoms with van der Waals surface area (Å²) in [5.41, 5.74) is -0.489. The molecule has 0 aliphatic carbocycles. The minimum Gasteiger partial charge on any atom is -0.366 e. The van der Waals surface area contributed by atoms with Crippen LogP contribution in [0.25, 0.3) is 0 Å². The average molecular weight is 274 g/mol. The van der Waals surface area contributed by atoms with Crippen molar-refractivity contribution in [2.45, 2.75) is 11.3 Å². The highest BCUT2D eigenvalue weighted by Crippen LogP contribution is 2.22. The van der Waals surface area contributed by atoms with Crippen LogP contribution in [-0.4, -0.2) is 31.5 Å². The summed E-state index contributed by atoms with van der Waals surface area (Å²) in [5, 5.41) is 0. The van der Waals surface area contributed by atoms with Crippen LogP contribution in [0.4, 0.5) is 0 Å². The van der Waals surface area contributed by atoms with Gasteiger partial charge in [0, 0.05) is 25.0 Å². The second-order valence-electron chi connectivity index (χ2n) is 3.95. The Morgan fingerprint density at radius 1 is 1.53 bits per heavy atom. The van der Waals surface area contributed by atoms with Crippen molar-refractivity contribution in [1.82, 2.24) is 9.71 Å². The lowest BCUT2D eigenvalue weighted by molar-refractivity contribution is 0.545. The van der Waals surface area contributed by atoms with Crippen molar-refractivity contribution >= 4 is 21.8 Å². The molecule has 2 rings (SSSR count). The molecule has 7 heteroatoms. The van der Waals surface area contributed by atoms with Crippen LogP contribution in [0, 0.1) is 5.92 Å². The van der Waals surface area contributed by atoms with E-state index in [1.54, 1.807) is 0 Å². The highest BCUT2D eigenvalue weighted by molar-refractivity contribution is 7.99. The molecule has 1 saturated heterocycles. The summed E-state index contributed by atoms with van der Waals surface area (Å²) in [4.78, 5) is 13.8. The van der Waals surface area contributed by atoms with Gasteiger partial charge in [-0.3, -0.25) is 4.79 Å². The molecule has 0 spiro atoms. The van der Waals surface area contributed by atoms with Crippen LogP contribution < -0.4 is 10.2 Å². The smallest absolute Gasteiger partial charge is 0.245 e. The van der Waals surface area contributed by atoms with E-state index in [2.05, 4.69) is 9.71 Å². The van der Waals surface area contributed by atoms with Crippen molar-refractivity contribution in [1.29, 1.82) is 0 Å². The molecule has 1 atom stereocenters. The lowest BCUT2D eigenvalue weighted by Crippen LogP contribution is -2.32. The molecule has 0 radical (unpaired) electrons. The third-order valence-corrected chi connectivity index (χ3v) is 5.34. The van der Waals surface area contributed by atoms with Crippen molar-refractivity contribution in [3.05, 3.63) is 28.7 Å². The molecule has 0 amide bonds. The van der Waals surface area contributed by atoms with Crippen LogP contribution >= 0.6 is 11.8 Å². The maximum atomic E-state index is 11.9. The van der Waals surface area contributed by atoms with Gasteiger partial charge in [-0.1, -0.05) is 0 Å². The van der Waals surface area contributed by atoms with E-state index in [9.17, 15) is 13.2 Å². The quantitative estimate of drug-likeness (QED) is 0.833. The maximum absolute atomic E-state index is 11.9. The fourth-order valence-corrected chi connectivity index (χ4v) is 4.11. The predicted octanol–water partition coefficient (Wildman–Crippen LogP) is 0.406. The topological polar surface area (TPSA) is 79.0 Å². The molecule has 5 nitrogen and oxygen atoms in total. The summed E-state index contributed by atoms with van der Waals surface area (Å²) in [6.07, 6.45) is 3.65. The summed E-state index contributed by atoms with van der Waals surface area (Å²) < 4.78 is 26.2. The lowest BCUT2D eigenvalue weighted by atomic mass is 10.1. The normalized spacial score (nSPS) is 20.6. The molecule has 17 heavy (non-hydrogen) atoms. The van der Waals surface area contributed by atoms with E-state index in [4.69, 9.17) is 0 Å². The molecule has 0 aromatic carbocycles. The number of nitrogens with one attached hydrogen (secondary N) is 2. The summed E-state index contributed by atoms with van der Waals surface area (Å²) in [6, 6.07) is 1.21. The van der Waals surface area contributed by atoms with E-state index >= 15 is 0 Å². The molecule has 1 aliphatic rings. The number of aromatic nitrogens is 1. The third kappa shape index (κ3) is 3.11. The van der Waals surface area contributed by atoms with E-state index < -0.39 is 15.5 Å². The molecule has 1 aromatic rings. The number of hydrogen-bond donors (Lipinski definition) is 2. The lowest BCUT2D eigenvalue weighted by Gasteiger charge is -2.10. The molecule has 2 heterocycles. The summed E-state index contributed by atoms with van der Waals surface area (Å²) >= 11 is 1.83. The van der Waals surface area contributed by atoms with Crippen LogP contribution in [0.5, 0.6) is 0 Å². The Bertz CT molecular complexity index is 532. The van der Waals surface area contributed by atoms with Gasteiger partial charge in [0.25, 0.3) is 0 Å². The standard InChI is InChI=1S/C10H14N2O3S2/c13-9-1-3-11-6-10(9)17(14,15)12-5-8-2-4-16-7-8/h1,3,6,8,12H,2,4-5,7H2,(H,11,13). The first-order valence-electron chi connectivity index (χ1n) is 5.34. The van der Waals surface area contributed by atoms with Gasteiger partial charge in [0.05, 0.1) is 0 Å². The average Bonchev–Trinajstić information content (AvgIpc) is 2.80. The van der Waals surface area contributed by atoms with Gasteiger partial charge in [0.15, 0.2) is 0 Å². The Labute approximate surface area is 104 Å². The Morgan fingerprint density at radius 2 is 2.35 bits per heavy atom. The fraction of sp³-hybridized carbons (Fsp3) is 0.500. The number of thioether (sulfide) groups is 1. The maximum Gasteiger partial charge on any atom is 0.245 e. The summed E-state index contributed by atoms with van der Waals surface area (Å²) in [5.74, 6) is 2.43. The molecule has 0 saturated carbocycles. The molecule has 1 aliphatic heterocycles. The molecule has 1 unspecified atom stereocenters.